The molecular weight excluding hydrogens is 282 g/mol. The molecule has 6 nitrogen and oxygen atoms in total. The number of carbonyl (C=O) groups is 3. The molecule has 1 aliphatic rings. The van der Waals surface area contributed by atoms with E-state index in [4.69, 9.17) is 0 Å². The van der Waals surface area contributed by atoms with E-state index in [0.29, 0.717) is 23.2 Å². The number of amides is 2. The molecule has 0 fully saturated rings. The van der Waals surface area contributed by atoms with Gasteiger partial charge in [-0.05, 0) is 24.3 Å². The number of carbonyl (C=O) groups excluding carboxylic acids is 3. The van der Waals surface area contributed by atoms with Crippen LogP contribution in [-0.2, 0) is 11.2 Å². The molecule has 0 atom stereocenters. The van der Waals surface area contributed by atoms with Crippen molar-refractivity contribution in [3.8, 4) is 0 Å². The fourth-order valence-corrected chi connectivity index (χ4v) is 2.78. The highest BCUT2D eigenvalue weighted by atomic mass is 16.2. The lowest BCUT2D eigenvalue weighted by molar-refractivity contribution is -0.124. The van der Waals surface area contributed by atoms with Crippen LogP contribution in [0.15, 0.2) is 0 Å². The van der Waals surface area contributed by atoms with Crippen LogP contribution in [0, 0.1) is 18.3 Å². The van der Waals surface area contributed by atoms with Gasteiger partial charge in [0.2, 0.25) is 5.91 Å². The van der Waals surface area contributed by atoms with Gasteiger partial charge >= 0.3 is 0 Å². The summed E-state index contributed by atoms with van der Waals surface area (Å²) in [6, 6.07) is 0. The Hall–Kier alpha value is -2.11. The van der Waals surface area contributed by atoms with E-state index in [2.05, 4.69) is 15.8 Å². The maximum Gasteiger partial charge on any atom is 0.286 e. The third-order valence-corrected chi connectivity index (χ3v) is 3.95. The fourth-order valence-electron chi connectivity index (χ4n) is 2.78. The van der Waals surface area contributed by atoms with Crippen molar-refractivity contribution in [2.45, 2.75) is 47.5 Å². The van der Waals surface area contributed by atoms with Crippen LogP contribution in [-0.4, -0.2) is 22.6 Å². The van der Waals surface area contributed by atoms with Crippen molar-refractivity contribution in [1.82, 2.24) is 15.8 Å². The Morgan fingerprint density at radius 2 is 1.82 bits per heavy atom. The summed E-state index contributed by atoms with van der Waals surface area (Å²) in [7, 11) is 0. The molecule has 1 aromatic heterocycles. The molecule has 1 aromatic rings. The zero-order valence-electron chi connectivity index (χ0n) is 13.7. The van der Waals surface area contributed by atoms with Crippen LogP contribution < -0.4 is 10.9 Å². The van der Waals surface area contributed by atoms with Crippen molar-refractivity contribution in [3.63, 3.8) is 0 Å². The van der Waals surface area contributed by atoms with Crippen molar-refractivity contribution in [2.24, 2.45) is 11.3 Å². The molecule has 1 heterocycles. The second-order valence-electron chi connectivity index (χ2n) is 7.02. The van der Waals surface area contributed by atoms with Gasteiger partial charge in [-0.3, -0.25) is 25.2 Å². The van der Waals surface area contributed by atoms with Crippen molar-refractivity contribution in [3.05, 3.63) is 22.5 Å². The highest BCUT2D eigenvalue weighted by Crippen LogP contribution is 2.36. The minimum Gasteiger partial charge on any atom is -0.353 e. The van der Waals surface area contributed by atoms with Gasteiger partial charge in [-0.15, -0.1) is 0 Å². The van der Waals surface area contributed by atoms with Gasteiger partial charge in [0, 0.05) is 23.6 Å². The van der Waals surface area contributed by atoms with E-state index < -0.39 is 5.91 Å². The molecule has 0 unspecified atom stereocenters. The number of nitrogens with one attached hydrogen (secondary N) is 3. The van der Waals surface area contributed by atoms with Crippen LogP contribution in [0.3, 0.4) is 0 Å². The molecule has 6 heteroatoms. The molecule has 120 valence electrons. The Morgan fingerprint density at radius 1 is 1.18 bits per heavy atom. The van der Waals surface area contributed by atoms with Gasteiger partial charge < -0.3 is 4.98 Å². The van der Waals surface area contributed by atoms with Crippen LogP contribution >= 0.6 is 0 Å². The second-order valence-corrected chi connectivity index (χ2v) is 7.02. The van der Waals surface area contributed by atoms with Gasteiger partial charge in [-0.25, -0.2) is 0 Å². The number of Topliss-reactive ketones (excluding diaryl/α,β-unsaturated/α-hetero) is 1. The first-order valence-corrected chi connectivity index (χ1v) is 7.47. The van der Waals surface area contributed by atoms with E-state index in [0.717, 1.165) is 12.1 Å². The van der Waals surface area contributed by atoms with E-state index in [1.807, 2.05) is 13.8 Å². The van der Waals surface area contributed by atoms with Gasteiger partial charge in [-0.1, -0.05) is 27.7 Å². The van der Waals surface area contributed by atoms with E-state index in [1.54, 1.807) is 20.8 Å². The summed E-state index contributed by atoms with van der Waals surface area (Å²) < 4.78 is 0. The molecule has 2 rings (SSSR count). The predicted molar refractivity (Wildman–Crippen MR) is 82.4 cm³/mol. The summed E-state index contributed by atoms with van der Waals surface area (Å²) in [6.45, 7) is 9.30. The molecule has 0 aromatic carbocycles. The third kappa shape index (κ3) is 3.05. The van der Waals surface area contributed by atoms with E-state index in [-0.39, 0.29) is 23.0 Å². The minimum absolute atomic E-state index is 0.0604. The Bertz CT molecular complexity index is 641. The molecule has 0 saturated heterocycles. The lowest BCUT2D eigenvalue weighted by atomic mass is 9.75. The SMILES string of the molecule is Cc1c(C(=O)NNC(=O)C(C)C)[nH]c2c1C(=O)CC(C)(C)C2. The summed E-state index contributed by atoms with van der Waals surface area (Å²) in [5, 5.41) is 0. The monoisotopic (exact) mass is 305 g/mol. The Labute approximate surface area is 130 Å². The second kappa shape index (κ2) is 5.59. The molecule has 22 heavy (non-hydrogen) atoms. The topological polar surface area (TPSA) is 91.1 Å². The first-order chi connectivity index (χ1) is 10.1. The molecule has 0 spiro atoms. The zero-order valence-corrected chi connectivity index (χ0v) is 13.7. The molecule has 0 saturated carbocycles. The molecule has 0 bridgehead atoms. The number of hydrogen-bond acceptors (Lipinski definition) is 3. The molecular formula is C16H23N3O3. The standard InChI is InChI=1S/C16H23N3O3/c1-8(2)14(21)18-19-15(22)13-9(3)12-10(17-13)6-16(4,5)7-11(12)20/h8,17H,6-7H2,1-5H3,(H,18,21)(H,19,22). The Morgan fingerprint density at radius 3 is 2.41 bits per heavy atom. The van der Waals surface area contributed by atoms with Crippen molar-refractivity contribution in [1.29, 1.82) is 0 Å². The smallest absolute Gasteiger partial charge is 0.286 e. The zero-order chi connectivity index (χ0) is 16.7. The van der Waals surface area contributed by atoms with Crippen molar-refractivity contribution < 1.29 is 14.4 Å². The molecule has 3 N–H and O–H groups in total. The number of aromatic nitrogens is 1. The Kier molecular flexibility index (Phi) is 4.13. The number of hydrogen-bond donors (Lipinski definition) is 3. The number of H-pyrrole nitrogens is 1. The van der Waals surface area contributed by atoms with Crippen molar-refractivity contribution >= 4 is 17.6 Å². The molecule has 1 aliphatic carbocycles. The lowest BCUT2D eigenvalue weighted by Gasteiger charge is -2.28. The van der Waals surface area contributed by atoms with Crippen LogP contribution in [0.4, 0.5) is 0 Å². The lowest BCUT2D eigenvalue weighted by Crippen LogP contribution is -2.43. The highest BCUT2D eigenvalue weighted by molar-refractivity contribution is 6.04. The number of ketones is 1. The summed E-state index contributed by atoms with van der Waals surface area (Å²) >= 11 is 0. The van der Waals surface area contributed by atoms with Crippen molar-refractivity contribution in [2.75, 3.05) is 0 Å². The fraction of sp³-hybridized carbons (Fsp3) is 0.562. The van der Waals surface area contributed by atoms with E-state index in [1.165, 1.54) is 0 Å². The molecule has 0 radical (unpaired) electrons. The predicted octanol–water partition coefficient (Wildman–Crippen LogP) is 1.90. The number of hydrazine groups is 1. The summed E-state index contributed by atoms with van der Waals surface area (Å²) in [5.41, 5.74) is 7.05. The van der Waals surface area contributed by atoms with Gasteiger partial charge in [0.1, 0.15) is 5.69 Å². The summed E-state index contributed by atoms with van der Waals surface area (Å²) in [5.74, 6) is -0.864. The third-order valence-electron chi connectivity index (χ3n) is 3.95. The maximum absolute atomic E-state index is 12.3. The maximum atomic E-state index is 12.3. The average Bonchev–Trinajstić information content (AvgIpc) is 2.70. The number of aromatic amines is 1. The number of rotatable bonds is 2. The first kappa shape index (κ1) is 16.3. The quantitative estimate of drug-likeness (QED) is 0.729. The summed E-state index contributed by atoms with van der Waals surface area (Å²) in [6.07, 6.45) is 1.20. The largest absolute Gasteiger partial charge is 0.353 e. The average molecular weight is 305 g/mol. The van der Waals surface area contributed by atoms with E-state index >= 15 is 0 Å². The van der Waals surface area contributed by atoms with Gasteiger partial charge in [0.15, 0.2) is 5.78 Å². The van der Waals surface area contributed by atoms with Gasteiger partial charge in [-0.2, -0.15) is 0 Å². The summed E-state index contributed by atoms with van der Waals surface area (Å²) in [4.78, 5) is 39.1. The molecule has 0 aliphatic heterocycles. The molecule has 2 amide bonds. The van der Waals surface area contributed by atoms with Gasteiger partial charge in [0.25, 0.3) is 5.91 Å². The normalized spacial score (nSPS) is 16.4. The number of fused-ring (bicyclic) bond motifs is 1. The highest BCUT2D eigenvalue weighted by Gasteiger charge is 2.35. The van der Waals surface area contributed by atoms with Crippen LogP contribution in [0.25, 0.3) is 0 Å². The van der Waals surface area contributed by atoms with Crippen LogP contribution in [0.5, 0.6) is 0 Å². The Balaban J connectivity index is 2.22. The van der Waals surface area contributed by atoms with Crippen LogP contribution in [0.1, 0.15) is 66.2 Å². The van der Waals surface area contributed by atoms with Crippen LogP contribution in [0.2, 0.25) is 0 Å². The minimum atomic E-state index is -0.438. The van der Waals surface area contributed by atoms with Gasteiger partial charge in [0.05, 0.1) is 0 Å². The first-order valence-electron chi connectivity index (χ1n) is 7.47. The van der Waals surface area contributed by atoms with E-state index in [9.17, 15) is 14.4 Å².